The Morgan fingerprint density at radius 1 is 1.33 bits per heavy atom. The summed E-state index contributed by atoms with van der Waals surface area (Å²) in [6, 6.07) is 7.96. The van der Waals surface area contributed by atoms with Crippen LogP contribution in [-0.2, 0) is 6.54 Å². The molecule has 1 aromatic rings. The number of hydrogen-bond donors (Lipinski definition) is 2. The molecule has 1 aliphatic carbocycles. The van der Waals surface area contributed by atoms with Crippen LogP contribution in [0.4, 0.5) is 0 Å². The molecule has 0 spiro atoms. The van der Waals surface area contributed by atoms with E-state index in [1.165, 1.54) is 5.56 Å². The highest BCUT2D eigenvalue weighted by molar-refractivity contribution is 5.27. The summed E-state index contributed by atoms with van der Waals surface area (Å²) in [7, 11) is 1.66. The lowest BCUT2D eigenvalue weighted by Crippen LogP contribution is -2.27. The van der Waals surface area contributed by atoms with Crippen LogP contribution >= 0.6 is 0 Å². The van der Waals surface area contributed by atoms with Gasteiger partial charge in [-0.1, -0.05) is 12.1 Å². The molecule has 1 aliphatic rings. The van der Waals surface area contributed by atoms with E-state index in [9.17, 15) is 5.11 Å². The molecule has 0 unspecified atom stereocenters. The van der Waals surface area contributed by atoms with Gasteiger partial charge in [-0.05, 0) is 30.5 Å². The molecule has 2 rings (SSSR count). The summed E-state index contributed by atoms with van der Waals surface area (Å²) in [5, 5.41) is 12.9. The van der Waals surface area contributed by atoms with Crippen molar-refractivity contribution in [3.05, 3.63) is 29.8 Å². The van der Waals surface area contributed by atoms with E-state index < -0.39 is 5.60 Å². The van der Waals surface area contributed by atoms with Crippen LogP contribution in [0.25, 0.3) is 0 Å². The zero-order valence-electron chi connectivity index (χ0n) is 8.99. The number of hydrogen-bond acceptors (Lipinski definition) is 3. The third kappa shape index (κ3) is 2.94. The standard InChI is InChI=1S/C12H17NO2/c1-15-11-4-2-10(3-5-11)8-13-9-12(14)6-7-12/h2-5,13-14H,6-9H2,1H3. The molecule has 3 heteroatoms. The number of rotatable bonds is 5. The van der Waals surface area contributed by atoms with Crippen molar-refractivity contribution in [1.29, 1.82) is 0 Å². The molecule has 82 valence electrons. The fourth-order valence-electron chi connectivity index (χ4n) is 1.50. The van der Waals surface area contributed by atoms with Gasteiger partial charge in [0.25, 0.3) is 0 Å². The number of ether oxygens (including phenoxy) is 1. The summed E-state index contributed by atoms with van der Waals surface area (Å²) < 4.78 is 5.08. The molecular formula is C12H17NO2. The first kappa shape index (κ1) is 10.5. The van der Waals surface area contributed by atoms with Gasteiger partial charge in [0.2, 0.25) is 0 Å². The predicted molar refractivity (Wildman–Crippen MR) is 58.9 cm³/mol. The minimum Gasteiger partial charge on any atom is -0.497 e. The Bertz CT molecular complexity index is 317. The highest BCUT2D eigenvalue weighted by atomic mass is 16.5. The molecule has 0 saturated heterocycles. The average Bonchev–Trinajstić information content (AvgIpc) is 2.98. The first-order valence-electron chi connectivity index (χ1n) is 5.28. The van der Waals surface area contributed by atoms with Crippen LogP contribution in [-0.4, -0.2) is 24.4 Å². The smallest absolute Gasteiger partial charge is 0.118 e. The Kier molecular flexibility index (Phi) is 2.93. The van der Waals surface area contributed by atoms with Gasteiger partial charge in [0.1, 0.15) is 5.75 Å². The van der Waals surface area contributed by atoms with Crippen molar-refractivity contribution in [3.63, 3.8) is 0 Å². The largest absolute Gasteiger partial charge is 0.497 e. The molecule has 15 heavy (non-hydrogen) atoms. The summed E-state index contributed by atoms with van der Waals surface area (Å²) in [6.45, 7) is 1.49. The second-order valence-electron chi connectivity index (χ2n) is 4.18. The minimum absolute atomic E-state index is 0.410. The molecule has 0 heterocycles. The molecule has 0 aliphatic heterocycles. The van der Waals surface area contributed by atoms with E-state index in [0.717, 1.165) is 25.1 Å². The third-order valence-electron chi connectivity index (χ3n) is 2.77. The molecule has 0 radical (unpaired) electrons. The summed E-state index contributed by atoms with van der Waals surface area (Å²) in [5.41, 5.74) is 0.798. The van der Waals surface area contributed by atoms with E-state index in [1.54, 1.807) is 7.11 Å². The second-order valence-corrected chi connectivity index (χ2v) is 4.18. The topological polar surface area (TPSA) is 41.5 Å². The fraction of sp³-hybridized carbons (Fsp3) is 0.500. The predicted octanol–water partition coefficient (Wildman–Crippen LogP) is 1.31. The maximum Gasteiger partial charge on any atom is 0.118 e. The quantitative estimate of drug-likeness (QED) is 0.765. The molecular weight excluding hydrogens is 190 g/mol. The molecule has 3 nitrogen and oxygen atoms in total. The minimum atomic E-state index is -0.410. The van der Waals surface area contributed by atoms with Crippen LogP contribution in [0.15, 0.2) is 24.3 Å². The Morgan fingerprint density at radius 2 is 2.00 bits per heavy atom. The number of nitrogens with one attached hydrogen (secondary N) is 1. The van der Waals surface area contributed by atoms with Gasteiger partial charge < -0.3 is 15.2 Å². The number of benzene rings is 1. The summed E-state index contributed by atoms with van der Waals surface area (Å²) >= 11 is 0. The Labute approximate surface area is 90.1 Å². The van der Waals surface area contributed by atoms with Crippen LogP contribution in [0, 0.1) is 0 Å². The van der Waals surface area contributed by atoms with Gasteiger partial charge >= 0.3 is 0 Å². The molecule has 1 aromatic carbocycles. The van der Waals surface area contributed by atoms with Gasteiger partial charge in [-0.2, -0.15) is 0 Å². The Morgan fingerprint density at radius 3 is 2.53 bits per heavy atom. The summed E-state index contributed by atoms with van der Waals surface area (Å²) in [6.07, 6.45) is 1.87. The highest BCUT2D eigenvalue weighted by Crippen LogP contribution is 2.33. The van der Waals surface area contributed by atoms with Crippen molar-refractivity contribution in [2.75, 3.05) is 13.7 Å². The van der Waals surface area contributed by atoms with E-state index >= 15 is 0 Å². The SMILES string of the molecule is COc1ccc(CNCC2(O)CC2)cc1. The number of aliphatic hydroxyl groups is 1. The van der Waals surface area contributed by atoms with Crippen LogP contribution < -0.4 is 10.1 Å². The van der Waals surface area contributed by atoms with Gasteiger partial charge in [-0.25, -0.2) is 0 Å². The first-order valence-corrected chi connectivity index (χ1v) is 5.28. The maximum absolute atomic E-state index is 9.61. The molecule has 1 saturated carbocycles. The molecule has 0 atom stereocenters. The van der Waals surface area contributed by atoms with Gasteiger partial charge in [0.05, 0.1) is 12.7 Å². The normalized spacial score (nSPS) is 17.5. The van der Waals surface area contributed by atoms with E-state index in [0.29, 0.717) is 6.54 Å². The summed E-state index contributed by atoms with van der Waals surface area (Å²) in [5.74, 6) is 0.875. The summed E-state index contributed by atoms with van der Waals surface area (Å²) in [4.78, 5) is 0. The lowest BCUT2D eigenvalue weighted by Gasteiger charge is -2.09. The van der Waals surface area contributed by atoms with Crippen LogP contribution in [0.1, 0.15) is 18.4 Å². The van der Waals surface area contributed by atoms with Crippen molar-refractivity contribution in [3.8, 4) is 5.75 Å². The molecule has 0 amide bonds. The maximum atomic E-state index is 9.61. The van der Waals surface area contributed by atoms with Crippen molar-refractivity contribution in [1.82, 2.24) is 5.32 Å². The highest BCUT2D eigenvalue weighted by Gasteiger charge is 2.39. The molecule has 1 fully saturated rings. The van der Waals surface area contributed by atoms with E-state index in [4.69, 9.17) is 4.74 Å². The van der Waals surface area contributed by atoms with E-state index in [2.05, 4.69) is 5.32 Å². The van der Waals surface area contributed by atoms with Crippen LogP contribution in [0.5, 0.6) is 5.75 Å². The van der Waals surface area contributed by atoms with Gasteiger partial charge in [0, 0.05) is 13.1 Å². The zero-order valence-corrected chi connectivity index (χ0v) is 8.99. The van der Waals surface area contributed by atoms with Crippen LogP contribution in [0.3, 0.4) is 0 Å². The molecule has 0 bridgehead atoms. The van der Waals surface area contributed by atoms with Crippen molar-refractivity contribution < 1.29 is 9.84 Å². The van der Waals surface area contributed by atoms with Crippen molar-refractivity contribution in [2.45, 2.75) is 25.0 Å². The first-order chi connectivity index (χ1) is 7.22. The Balaban J connectivity index is 1.77. The average molecular weight is 207 g/mol. The van der Waals surface area contributed by atoms with E-state index in [-0.39, 0.29) is 0 Å². The van der Waals surface area contributed by atoms with Crippen molar-refractivity contribution >= 4 is 0 Å². The third-order valence-corrected chi connectivity index (χ3v) is 2.77. The van der Waals surface area contributed by atoms with E-state index in [1.807, 2.05) is 24.3 Å². The van der Waals surface area contributed by atoms with Gasteiger partial charge in [0.15, 0.2) is 0 Å². The molecule has 0 aromatic heterocycles. The number of methoxy groups -OCH3 is 1. The Hall–Kier alpha value is -1.06. The zero-order chi connectivity index (χ0) is 10.7. The van der Waals surface area contributed by atoms with Gasteiger partial charge in [-0.3, -0.25) is 0 Å². The fourth-order valence-corrected chi connectivity index (χ4v) is 1.50. The lowest BCUT2D eigenvalue weighted by atomic mass is 10.2. The van der Waals surface area contributed by atoms with Crippen molar-refractivity contribution in [2.24, 2.45) is 0 Å². The molecule has 2 N–H and O–H groups in total. The second kappa shape index (κ2) is 4.21. The monoisotopic (exact) mass is 207 g/mol. The van der Waals surface area contributed by atoms with Crippen LogP contribution in [0.2, 0.25) is 0 Å². The van der Waals surface area contributed by atoms with Gasteiger partial charge in [-0.15, -0.1) is 0 Å². The lowest BCUT2D eigenvalue weighted by molar-refractivity contribution is 0.147.